The molecule has 3 atom stereocenters. The van der Waals surface area contributed by atoms with E-state index in [-0.39, 0.29) is 16.4 Å². The van der Waals surface area contributed by atoms with E-state index in [2.05, 4.69) is 4.72 Å². The highest BCUT2D eigenvalue weighted by Gasteiger charge is 2.41. The number of hydrogen-bond donors (Lipinski definition) is 2. The highest BCUT2D eigenvalue weighted by Crippen LogP contribution is 2.49. The van der Waals surface area contributed by atoms with Crippen molar-refractivity contribution in [2.75, 3.05) is 12.0 Å². The van der Waals surface area contributed by atoms with Gasteiger partial charge < -0.3 is 19.5 Å². The molecule has 1 heterocycles. The van der Waals surface area contributed by atoms with Crippen LogP contribution < -0.4 is 19.1 Å². The largest absolute Gasteiger partial charge is 0.497 e. The van der Waals surface area contributed by atoms with Crippen molar-refractivity contribution in [3.63, 3.8) is 0 Å². The lowest BCUT2D eigenvalue weighted by Gasteiger charge is -2.44. The standard InChI is InChI=1S/C25H24F2N2O5S/c1-33-17-7-9-18(10-8-17)35(31,32)28-19-3-2-4-22(25(19)30)29-20-11-5-15(26)13-23(20)34-24-14-16(27)6-12-21(24)29/h5-14,19,22,25,28,30H,2-4H2,1H3/t19-,22+,25+/m0/s1. The number of methoxy groups -OCH3 is 1. The van der Waals surface area contributed by atoms with Crippen LogP contribution in [0.4, 0.5) is 20.2 Å². The molecule has 1 aliphatic carbocycles. The molecule has 7 nitrogen and oxygen atoms in total. The van der Waals surface area contributed by atoms with Gasteiger partial charge in [-0.25, -0.2) is 21.9 Å². The molecule has 0 saturated heterocycles. The molecule has 35 heavy (non-hydrogen) atoms. The van der Waals surface area contributed by atoms with Crippen LogP contribution in [0.15, 0.2) is 65.6 Å². The van der Waals surface area contributed by atoms with Crippen LogP contribution in [0.2, 0.25) is 0 Å². The van der Waals surface area contributed by atoms with Gasteiger partial charge in [0.15, 0.2) is 11.5 Å². The molecule has 0 radical (unpaired) electrons. The predicted molar refractivity (Wildman–Crippen MR) is 126 cm³/mol. The number of aliphatic hydroxyl groups excluding tert-OH is 1. The molecule has 2 aliphatic rings. The second kappa shape index (κ2) is 9.10. The van der Waals surface area contributed by atoms with E-state index in [1.54, 1.807) is 17.0 Å². The Balaban J connectivity index is 1.47. The summed E-state index contributed by atoms with van der Waals surface area (Å²) in [4.78, 5) is 1.84. The van der Waals surface area contributed by atoms with Gasteiger partial charge in [-0.15, -0.1) is 0 Å². The molecule has 3 aromatic rings. The summed E-state index contributed by atoms with van der Waals surface area (Å²) in [5.41, 5.74) is 1.02. The number of hydrogen-bond acceptors (Lipinski definition) is 6. The normalized spacial score (nSPS) is 21.6. The van der Waals surface area contributed by atoms with Crippen molar-refractivity contribution in [1.29, 1.82) is 0 Å². The number of fused-ring (bicyclic) bond motifs is 2. The number of sulfonamides is 1. The number of nitrogens with one attached hydrogen (secondary N) is 1. The SMILES string of the molecule is COc1ccc(S(=O)(=O)N[C@H]2CCC[C@@H](N3c4ccc(F)cc4Oc4cc(F)ccc43)[C@@H]2O)cc1. The summed E-state index contributed by atoms with van der Waals surface area (Å²) in [7, 11) is -2.42. The lowest BCUT2D eigenvalue weighted by atomic mass is 9.86. The first-order chi connectivity index (χ1) is 16.8. The maximum atomic E-state index is 13.9. The molecule has 1 saturated carbocycles. The Bertz CT molecular complexity index is 1300. The maximum absolute atomic E-state index is 13.9. The fourth-order valence-corrected chi connectivity index (χ4v) is 6.02. The Labute approximate surface area is 202 Å². The minimum absolute atomic E-state index is 0.0561. The van der Waals surface area contributed by atoms with E-state index in [1.165, 1.54) is 55.6 Å². The second-order valence-electron chi connectivity index (χ2n) is 8.59. The lowest BCUT2D eigenvalue weighted by molar-refractivity contribution is 0.0807. The van der Waals surface area contributed by atoms with E-state index in [9.17, 15) is 22.3 Å². The molecule has 0 spiro atoms. The summed E-state index contributed by atoms with van der Waals surface area (Å²) in [5.74, 6) is -0.123. The van der Waals surface area contributed by atoms with E-state index in [1.807, 2.05) is 0 Å². The zero-order valence-electron chi connectivity index (χ0n) is 18.8. The van der Waals surface area contributed by atoms with Gasteiger partial charge in [-0.05, 0) is 67.8 Å². The Morgan fingerprint density at radius 3 is 2.14 bits per heavy atom. The van der Waals surface area contributed by atoms with E-state index in [0.717, 1.165) is 0 Å². The third-order valence-electron chi connectivity index (χ3n) is 6.41. The Kier molecular flexibility index (Phi) is 6.12. The van der Waals surface area contributed by atoms with Crippen LogP contribution in [0, 0.1) is 11.6 Å². The molecule has 0 amide bonds. The van der Waals surface area contributed by atoms with Gasteiger partial charge in [-0.2, -0.15) is 0 Å². The van der Waals surface area contributed by atoms with E-state index in [4.69, 9.17) is 9.47 Å². The average molecular weight is 503 g/mol. The number of halogens is 2. The van der Waals surface area contributed by atoms with Crippen LogP contribution in [0.25, 0.3) is 0 Å². The summed E-state index contributed by atoms with van der Waals surface area (Å²) in [5, 5.41) is 11.4. The fraction of sp³-hybridized carbons (Fsp3) is 0.280. The summed E-state index contributed by atoms with van der Waals surface area (Å²) in [6.07, 6.45) is 0.493. The summed E-state index contributed by atoms with van der Waals surface area (Å²) in [6, 6.07) is 12.7. The number of ether oxygens (including phenoxy) is 2. The van der Waals surface area contributed by atoms with E-state index < -0.39 is 39.8 Å². The molecular weight excluding hydrogens is 478 g/mol. The average Bonchev–Trinajstić information content (AvgIpc) is 2.84. The zero-order chi connectivity index (χ0) is 24.7. The number of anilines is 2. The Morgan fingerprint density at radius 1 is 0.971 bits per heavy atom. The van der Waals surface area contributed by atoms with Crippen molar-refractivity contribution >= 4 is 21.4 Å². The van der Waals surface area contributed by atoms with Crippen LogP contribution in [0.5, 0.6) is 17.2 Å². The molecule has 3 aromatic carbocycles. The van der Waals surface area contributed by atoms with Gasteiger partial charge in [0.2, 0.25) is 10.0 Å². The van der Waals surface area contributed by atoms with Gasteiger partial charge >= 0.3 is 0 Å². The van der Waals surface area contributed by atoms with Gasteiger partial charge in [-0.1, -0.05) is 0 Å². The van der Waals surface area contributed by atoms with Gasteiger partial charge in [0.1, 0.15) is 17.4 Å². The van der Waals surface area contributed by atoms with Crippen LogP contribution in [0.3, 0.4) is 0 Å². The molecule has 0 bridgehead atoms. The second-order valence-corrected chi connectivity index (χ2v) is 10.3. The first-order valence-corrected chi connectivity index (χ1v) is 12.7. The highest BCUT2D eigenvalue weighted by atomic mass is 32.2. The van der Waals surface area contributed by atoms with Crippen LogP contribution in [0.1, 0.15) is 19.3 Å². The quantitative estimate of drug-likeness (QED) is 0.535. The van der Waals surface area contributed by atoms with Crippen molar-refractivity contribution in [3.05, 3.63) is 72.3 Å². The summed E-state index contributed by atoms with van der Waals surface area (Å²) >= 11 is 0. The van der Waals surface area contributed by atoms with Crippen molar-refractivity contribution in [2.24, 2.45) is 0 Å². The van der Waals surface area contributed by atoms with Crippen LogP contribution >= 0.6 is 0 Å². The van der Waals surface area contributed by atoms with Gasteiger partial charge in [0, 0.05) is 12.1 Å². The number of aliphatic hydroxyl groups is 1. The molecule has 0 unspecified atom stereocenters. The van der Waals surface area contributed by atoms with E-state index >= 15 is 0 Å². The summed E-state index contributed by atoms with van der Waals surface area (Å²) in [6.45, 7) is 0. The minimum atomic E-state index is -3.91. The minimum Gasteiger partial charge on any atom is -0.497 e. The molecule has 5 rings (SSSR count). The topological polar surface area (TPSA) is 88.1 Å². The molecule has 10 heteroatoms. The fourth-order valence-electron chi connectivity index (χ4n) is 4.73. The highest BCUT2D eigenvalue weighted by molar-refractivity contribution is 7.89. The molecule has 184 valence electrons. The van der Waals surface area contributed by atoms with Crippen molar-refractivity contribution in [2.45, 2.75) is 42.3 Å². The first-order valence-electron chi connectivity index (χ1n) is 11.2. The number of benzene rings is 3. The predicted octanol–water partition coefficient (Wildman–Crippen LogP) is 4.48. The maximum Gasteiger partial charge on any atom is 0.240 e. The summed E-state index contributed by atoms with van der Waals surface area (Å²) < 4.78 is 67.4. The van der Waals surface area contributed by atoms with Crippen molar-refractivity contribution < 1.29 is 31.8 Å². The first kappa shape index (κ1) is 23.5. The van der Waals surface area contributed by atoms with Gasteiger partial charge in [-0.3, -0.25) is 0 Å². The smallest absolute Gasteiger partial charge is 0.240 e. The molecule has 0 aromatic heterocycles. The monoisotopic (exact) mass is 502 g/mol. The van der Waals surface area contributed by atoms with Gasteiger partial charge in [0.05, 0.1) is 41.6 Å². The van der Waals surface area contributed by atoms with E-state index in [0.29, 0.717) is 36.4 Å². The van der Waals surface area contributed by atoms with Crippen molar-refractivity contribution in [1.82, 2.24) is 4.72 Å². The van der Waals surface area contributed by atoms with Crippen LogP contribution in [-0.4, -0.2) is 38.8 Å². The third-order valence-corrected chi connectivity index (χ3v) is 7.92. The van der Waals surface area contributed by atoms with Crippen LogP contribution in [-0.2, 0) is 10.0 Å². The number of nitrogens with zero attached hydrogens (tertiary/aromatic N) is 1. The zero-order valence-corrected chi connectivity index (χ0v) is 19.6. The molecule has 2 N–H and O–H groups in total. The molecule has 1 fully saturated rings. The molecular formula is C25H24F2N2O5S. The lowest BCUT2D eigenvalue weighted by Crippen LogP contribution is -2.56. The Hall–Kier alpha value is -3.21. The third kappa shape index (κ3) is 4.44. The molecule has 1 aliphatic heterocycles. The number of rotatable bonds is 5. The van der Waals surface area contributed by atoms with Crippen molar-refractivity contribution in [3.8, 4) is 17.2 Å². The van der Waals surface area contributed by atoms with Gasteiger partial charge in [0.25, 0.3) is 0 Å². The Morgan fingerprint density at radius 2 is 1.57 bits per heavy atom.